The van der Waals surface area contributed by atoms with Crippen molar-refractivity contribution in [1.82, 2.24) is 0 Å². The summed E-state index contributed by atoms with van der Waals surface area (Å²) in [6, 6.07) is 18.0. The maximum Gasteiger partial charge on any atom is 0.193 e. The Kier molecular flexibility index (Phi) is 7.00. The number of hydrogen-bond acceptors (Lipinski definition) is 3. The van der Waals surface area contributed by atoms with Crippen molar-refractivity contribution in [2.45, 2.75) is 37.0 Å². The third kappa shape index (κ3) is 6.54. The molecule has 5 heteroatoms. The van der Waals surface area contributed by atoms with E-state index in [0.717, 1.165) is 11.4 Å². The van der Waals surface area contributed by atoms with Crippen LogP contribution in [0.1, 0.15) is 20.8 Å². The molecular formula is C19H25N3OS. The van der Waals surface area contributed by atoms with E-state index in [1.807, 2.05) is 56.3 Å². The van der Waals surface area contributed by atoms with Crippen molar-refractivity contribution in [2.24, 2.45) is 10.7 Å². The minimum absolute atomic E-state index is 0.166. The lowest BCUT2D eigenvalue weighted by Crippen LogP contribution is -2.23. The minimum atomic E-state index is 0.166. The van der Waals surface area contributed by atoms with Crippen LogP contribution >= 0.6 is 11.8 Å². The van der Waals surface area contributed by atoms with Crippen LogP contribution in [0.3, 0.4) is 0 Å². The number of ether oxygens (including phenoxy) is 1. The van der Waals surface area contributed by atoms with Crippen LogP contribution < -0.4 is 15.8 Å². The number of nitrogens with two attached hydrogens (primary N) is 1. The maximum absolute atomic E-state index is 5.96. The smallest absolute Gasteiger partial charge is 0.193 e. The molecule has 128 valence electrons. The fourth-order valence-electron chi connectivity index (χ4n) is 2.07. The number of thioether (sulfide) groups is 1. The standard InChI is InChI=1S/C19H25N3OS/c1-14(2)23-17-11-9-16(10-12-17)22-19(20)21-13-15(3)24-18-7-5-4-6-8-18/h4-12,14-15H,13H2,1-3H3,(H3,20,21,22). The normalized spacial score (nSPS) is 12.9. The predicted octanol–water partition coefficient (Wildman–Crippen LogP) is 4.38. The van der Waals surface area contributed by atoms with E-state index in [2.05, 4.69) is 29.4 Å². The maximum atomic E-state index is 5.96. The summed E-state index contributed by atoms with van der Waals surface area (Å²) in [6.07, 6.45) is 0.166. The van der Waals surface area contributed by atoms with Crippen LogP contribution in [0, 0.1) is 0 Å². The third-order valence-electron chi connectivity index (χ3n) is 3.10. The lowest BCUT2D eigenvalue weighted by atomic mass is 10.3. The zero-order valence-corrected chi connectivity index (χ0v) is 15.2. The van der Waals surface area contributed by atoms with E-state index in [0.29, 0.717) is 17.8 Å². The van der Waals surface area contributed by atoms with E-state index >= 15 is 0 Å². The van der Waals surface area contributed by atoms with Crippen LogP contribution in [0.2, 0.25) is 0 Å². The first kappa shape index (κ1) is 18.2. The second-order valence-corrected chi connectivity index (χ2v) is 7.30. The molecule has 2 rings (SSSR count). The van der Waals surface area contributed by atoms with Crippen molar-refractivity contribution >= 4 is 23.4 Å². The molecule has 24 heavy (non-hydrogen) atoms. The molecule has 0 aliphatic rings. The summed E-state index contributed by atoms with van der Waals surface area (Å²) in [5, 5.41) is 3.46. The molecule has 4 nitrogen and oxygen atoms in total. The van der Waals surface area contributed by atoms with Gasteiger partial charge in [-0.15, -0.1) is 11.8 Å². The second kappa shape index (κ2) is 9.23. The highest BCUT2D eigenvalue weighted by Crippen LogP contribution is 2.22. The van der Waals surface area contributed by atoms with Gasteiger partial charge in [-0.1, -0.05) is 25.1 Å². The summed E-state index contributed by atoms with van der Waals surface area (Å²) in [4.78, 5) is 5.66. The summed E-state index contributed by atoms with van der Waals surface area (Å²) in [7, 11) is 0. The molecule has 0 bridgehead atoms. The average molecular weight is 343 g/mol. The Hall–Kier alpha value is -2.14. The topological polar surface area (TPSA) is 59.6 Å². The Bertz CT molecular complexity index is 641. The highest BCUT2D eigenvalue weighted by atomic mass is 32.2. The average Bonchev–Trinajstić information content (AvgIpc) is 2.55. The molecule has 0 aromatic heterocycles. The van der Waals surface area contributed by atoms with Gasteiger partial charge >= 0.3 is 0 Å². The number of guanidine groups is 1. The summed E-state index contributed by atoms with van der Waals surface area (Å²) in [5.41, 5.74) is 6.86. The molecule has 2 aromatic carbocycles. The van der Waals surface area contributed by atoms with Gasteiger partial charge in [-0.3, -0.25) is 4.99 Å². The first-order chi connectivity index (χ1) is 11.5. The molecule has 0 aliphatic heterocycles. The number of benzene rings is 2. The van der Waals surface area contributed by atoms with Gasteiger partial charge in [-0.25, -0.2) is 0 Å². The van der Waals surface area contributed by atoms with Gasteiger partial charge in [0.2, 0.25) is 0 Å². The number of nitrogens with one attached hydrogen (secondary N) is 1. The van der Waals surface area contributed by atoms with Crippen molar-refractivity contribution in [3.63, 3.8) is 0 Å². The Morgan fingerprint density at radius 3 is 2.38 bits per heavy atom. The molecule has 1 unspecified atom stereocenters. The van der Waals surface area contributed by atoms with Gasteiger partial charge in [-0.2, -0.15) is 0 Å². The zero-order valence-electron chi connectivity index (χ0n) is 14.4. The second-order valence-electron chi connectivity index (χ2n) is 5.78. The number of rotatable bonds is 7. The van der Waals surface area contributed by atoms with E-state index in [1.54, 1.807) is 11.8 Å². The van der Waals surface area contributed by atoms with E-state index in [-0.39, 0.29) is 6.10 Å². The Morgan fingerprint density at radius 2 is 1.75 bits per heavy atom. The molecule has 3 N–H and O–H groups in total. The van der Waals surface area contributed by atoms with Crippen LogP contribution in [-0.4, -0.2) is 23.9 Å². The van der Waals surface area contributed by atoms with Crippen molar-refractivity contribution in [2.75, 3.05) is 11.9 Å². The Balaban J connectivity index is 1.82. The molecule has 0 spiro atoms. The van der Waals surface area contributed by atoms with Gasteiger partial charge in [0.05, 0.1) is 12.6 Å². The van der Waals surface area contributed by atoms with Gasteiger partial charge in [0, 0.05) is 15.8 Å². The number of anilines is 1. The quantitative estimate of drug-likeness (QED) is 0.445. The van der Waals surface area contributed by atoms with E-state index < -0.39 is 0 Å². The summed E-state index contributed by atoms with van der Waals surface area (Å²) < 4.78 is 5.62. The molecule has 0 aliphatic carbocycles. The summed E-state index contributed by atoms with van der Waals surface area (Å²) in [6.45, 7) is 6.82. The highest BCUT2D eigenvalue weighted by Gasteiger charge is 2.04. The summed E-state index contributed by atoms with van der Waals surface area (Å²) in [5.74, 6) is 1.27. The van der Waals surface area contributed by atoms with Crippen molar-refractivity contribution in [3.8, 4) is 5.75 Å². The fourth-order valence-corrected chi connectivity index (χ4v) is 3.00. The van der Waals surface area contributed by atoms with Crippen LogP contribution in [-0.2, 0) is 0 Å². The van der Waals surface area contributed by atoms with Crippen LogP contribution in [0.4, 0.5) is 5.69 Å². The molecule has 0 radical (unpaired) electrons. The van der Waals surface area contributed by atoms with Gasteiger partial charge in [-0.05, 0) is 50.2 Å². The molecule has 0 amide bonds. The monoisotopic (exact) mass is 343 g/mol. The summed E-state index contributed by atoms with van der Waals surface area (Å²) >= 11 is 1.79. The van der Waals surface area contributed by atoms with Gasteiger partial charge < -0.3 is 15.8 Å². The molecule has 0 saturated heterocycles. The first-order valence-electron chi connectivity index (χ1n) is 8.08. The predicted molar refractivity (Wildman–Crippen MR) is 104 cm³/mol. The van der Waals surface area contributed by atoms with Crippen LogP contribution in [0.5, 0.6) is 5.75 Å². The number of nitrogens with zero attached hydrogens (tertiary/aromatic N) is 1. The number of aliphatic imine (C=N–C) groups is 1. The molecule has 0 saturated carbocycles. The number of hydrogen-bond donors (Lipinski definition) is 2. The van der Waals surface area contributed by atoms with E-state index in [4.69, 9.17) is 10.5 Å². The van der Waals surface area contributed by atoms with Crippen LogP contribution in [0.15, 0.2) is 64.5 Å². The molecule has 0 fully saturated rings. The van der Waals surface area contributed by atoms with Gasteiger partial charge in [0.1, 0.15) is 5.75 Å². The van der Waals surface area contributed by atoms with E-state index in [1.165, 1.54) is 4.90 Å². The van der Waals surface area contributed by atoms with E-state index in [9.17, 15) is 0 Å². The zero-order chi connectivity index (χ0) is 17.4. The molecule has 2 aromatic rings. The molecule has 0 heterocycles. The van der Waals surface area contributed by atoms with Crippen molar-refractivity contribution < 1.29 is 4.74 Å². The van der Waals surface area contributed by atoms with Crippen molar-refractivity contribution in [3.05, 3.63) is 54.6 Å². The fraction of sp³-hybridized carbons (Fsp3) is 0.316. The lowest BCUT2D eigenvalue weighted by Gasteiger charge is -2.12. The molecule has 1 atom stereocenters. The first-order valence-corrected chi connectivity index (χ1v) is 8.96. The largest absolute Gasteiger partial charge is 0.491 e. The van der Waals surface area contributed by atoms with Crippen LogP contribution in [0.25, 0.3) is 0 Å². The van der Waals surface area contributed by atoms with Gasteiger partial charge in [0.15, 0.2) is 5.96 Å². The lowest BCUT2D eigenvalue weighted by molar-refractivity contribution is 0.242. The SMILES string of the molecule is CC(C)Oc1ccc(NC(N)=NCC(C)Sc2ccccc2)cc1. The third-order valence-corrected chi connectivity index (χ3v) is 4.19. The Labute approximate surface area is 148 Å². The Morgan fingerprint density at radius 1 is 1.08 bits per heavy atom. The highest BCUT2D eigenvalue weighted by molar-refractivity contribution is 8.00. The van der Waals surface area contributed by atoms with Gasteiger partial charge in [0.25, 0.3) is 0 Å². The van der Waals surface area contributed by atoms with Crippen molar-refractivity contribution in [1.29, 1.82) is 0 Å². The molecular weight excluding hydrogens is 318 g/mol. The minimum Gasteiger partial charge on any atom is -0.491 e.